The van der Waals surface area contributed by atoms with Crippen molar-refractivity contribution in [3.05, 3.63) is 102 Å². The summed E-state index contributed by atoms with van der Waals surface area (Å²) in [6.45, 7) is 0. The van der Waals surface area contributed by atoms with Crippen molar-refractivity contribution in [3.8, 4) is 5.69 Å². The quantitative estimate of drug-likeness (QED) is 0.461. The number of anilines is 1. The number of para-hydroxylation sites is 2. The van der Waals surface area contributed by atoms with Crippen LogP contribution in [0.3, 0.4) is 0 Å². The number of rotatable bonds is 7. The zero-order valence-corrected chi connectivity index (χ0v) is 16.5. The lowest BCUT2D eigenvalue weighted by molar-refractivity contribution is -0.113. The monoisotopic (exact) mass is 400 g/mol. The van der Waals surface area contributed by atoms with Crippen LogP contribution in [0.5, 0.6) is 0 Å². The molecule has 29 heavy (non-hydrogen) atoms. The number of benzene rings is 3. The molecule has 0 bridgehead atoms. The van der Waals surface area contributed by atoms with Crippen LogP contribution in [0.15, 0.2) is 96.2 Å². The Bertz CT molecular complexity index is 1070. The molecule has 0 aliphatic heterocycles. The van der Waals surface area contributed by atoms with Crippen LogP contribution in [0.4, 0.5) is 5.69 Å². The summed E-state index contributed by atoms with van der Waals surface area (Å²) in [7, 11) is 0. The summed E-state index contributed by atoms with van der Waals surface area (Å²) in [5, 5.41) is 12.4. The molecule has 4 rings (SSSR count). The molecule has 1 N–H and O–H groups in total. The highest BCUT2D eigenvalue weighted by atomic mass is 32.2. The van der Waals surface area contributed by atoms with E-state index in [0.29, 0.717) is 11.6 Å². The molecule has 0 aliphatic rings. The summed E-state index contributed by atoms with van der Waals surface area (Å²) in [6, 6.07) is 29.6. The van der Waals surface area contributed by atoms with E-state index in [1.807, 2.05) is 83.4 Å². The van der Waals surface area contributed by atoms with E-state index in [1.165, 1.54) is 11.8 Å². The summed E-state index contributed by atoms with van der Waals surface area (Å²) in [6.07, 6.45) is 0.666. The molecule has 1 amide bonds. The van der Waals surface area contributed by atoms with Gasteiger partial charge in [0.05, 0.1) is 5.75 Å². The number of carbonyl (C=O) groups is 1. The van der Waals surface area contributed by atoms with Crippen LogP contribution < -0.4 is 5.32 Å². The van der Waals surface area contributed by atoms with Gasteiger partial charge in [0.2, 0.25) is 5.91 Å². The number of carbonyl (C=O) groups excluding carboxylic acids is 1. The van der Waals surface area contributed by atoms with E-state index in [0.717, 1.165) is 22.8 Å². The van der Waals surface area contributed by atoms with Gasteiger partial charge in [-0.15, -0.1) is 10.2 Å². The second-order valence-corrected chi connectivity index (χ2v) is 7.38. The summed E-state index contributed by atoms with van der Waals surface area (Å²) >= 11 is 1.38. The lowest BCUT2D eigenvalue weighted by Crippen LogP contribution is -2.14. The van der Waals surface area contributed by atoms with Crippen LogP contribution in [0, 0.1) is 0 Å². The molecule has 0 saturated carbocycles. The zero-order chi connectivity index (χ0) is 19.9. The van der Waals surface area contributed by atoms with Crippen molar-refractivity contribution in [2.75, 3.05) is 11.1 Å². The molecule has 4 aromatic rings. The van der Waals surface area contributed by atoms with Crippen molar-refractivity contribution in [1.82, 2.24) is 14.8 Å². The van der Waals surface area contributed by atoms with Gasteiger partial charge in [-0.1, -0.05) is 78.5 Å². The normalized spacial score (nSPS) is 10.6. The van der Waals surface area contributed by atoms with Gasteiger partial charge in [0.25, 0.3) is 0 Å². The van der Waals surface area contributed by atoms with Gasteiger partial charge < -0.3 is 5.32 Å². The predicted octanol–water partition coefficient (Wildman–Crippen LogP) is 4.59. The fourth-order valence-corrected chi connectivity index (χ4v) is 3.74. The lowest BCUT2D eigenvalue weighted by Gasteiger charge is -2.10. The molecule has 0 atom stereocenters. The van der Waals surface area contributed by atoms with E-state index in [1.54, 1.807) is 0 Å². The smallest absolute Gasteiger partial charge is 0.234 e. The maximum atomic E-state index is 12.3. The number of hydrogen-bond donors (Lipinski definition) is 1. The first-order valence-corrected chi connectivity index (χ1v) is 10.3. The van der Waals surface area contributed by atoms with Crippen molar-refractivity contribution >= 4 is 23.4 Å². The van der Waals surface area contributed by atoms with Crippen LogP contribution in [-0.4, -0.2) is 26.4 Å². The molecule has 0 fully saturated rings. The fraction of sp³-hybridized carbons (Fsp3) is 0.0870. The third-order valence-electron chi connectivity index (χ3n) is 4.31. The molecule has 5 nitrogen and oxygen atoms in total. The van der Waals surface area contributed by atoms with Crippen LogP contribution in [0.2, 0.25) is 0 Å². The number of aromatic nitrogens is 3. The van der Waals surface area contributed by atoms with Gasteiger partial charge in [-0.25, -0.2) is 0 Å². The molecule has 144 valence electrons. The molecule has 6 heteroatoms. The Labute approximate surface area is 173 Å². The molecule has 1 heterocycles. The Hall–Kier alpha value is -3.38. The Morgan fingerprint density at radius 2 is 1.45 bits per heavy atom. The number of amides is 1. The lowest BCUT2D eigenvalue weighted by atomic mass is 10.1. The van der Waals surface area contributed by atoms with Crippen LogP contribution >= 0.6 is 11.8 Å². The maximum absolute atomic E-state index is 12.3. The number of nitrogens with one attached hydrogen (secondary N) is 1. The Balaban J connectivity index is 1.54. The third-order valence-corrected chi connectivity index (χ3v) is 5.24. The first-order chi connectivity index (χ1) is 14.3. The fourth-order valence-electron chi connectivity index (χ4n) is 2.97. The molecule has 0 aliphatic carbocycles. The number of hydrogen-bond acceptors (Lipinski definition) is 4. The molecule has 3 aromatic carbocycles. The van der Waals surface area contributed by atoms with Gasteiger partial charge in [-0.05, 0) is 29.8 Å². The molecule has 0 radical (unpaired) electrons. The van der Waals surface area contributed by atoms with Crippen molar-refractivity contribution in [2.24, 2.45) is 0 Å². The highest BCUT2D eigenvalue weighted by molar-refractivity contribution is 7.99. The Morgan fingerprint density at radius 1 is 0.828 bits per heavy atom. The third kappa shape index (κ3) is 4.92. The van der Waals surface area contributed by atoms with E-state index >= 15 is 0 Å². The molecular formula is C23H20N4OS. The summed E-state index contributed by atoms with van der Waals surface area (Å²) < 4.78 is 2.02. The molecule has 0 unspecified atom stereocenters. The minimum atomic E-state index is -0.0755. The van der Waals surface area contributed by atoms with E-state index in [4.69, 9.17) is 0 Å². The second kappa shape index (κ2) is 9.21. The van der Waals surface area contributed by atoms with E-state index < -0.39 is 0 Å². The van der Waals surface area contributed by atoms with Crippen LogP contribution in [-0.2, 0) is 11.2 Å². The topological polar surface area (TPSA) is 59.8 Å². The highest BCUT2D eigenvalue weighted by Gasteiger charge is 2.16. The Morgan fingerprint density at radius 3 is 2.14 bits per heavy atom. The summed E-state index contributed by atoms with van der Waals surface area (Å²) in [5.74, 6) is 1.02. The number of nitrogens with zero attached hydrogens (tertiary/aromatic N) is 3. The second-order valence-electron chi connectivity index (χ2n) is 6.44. The summed E-state index contributed by atoms with van der Waals surface area (Å²) in [5.41, 5.74) is 2.93. The Kier molecular flexibility index (Phi) is 6.02. The molecular weight excluding hydrogens is 380 g/mol. The molecule has 1 aromatic heterocycles. The average Bonchev–Trinajstić information content (AvgIpc) is 3.17. The first kappa shape index (κ1) is 19.0. The van der Waals surface area contributed by atoms with Crippen molar-refractivity contribution in [2.45, 2.75) is 11.6 Å². The van der Waals surface area contributed by atoms with Gasteiger partial charge in [-0.2, -0.15) is 0 Å². The van der Waals surface area contributed by atoms with Gasteiger partial charge in [0, 0.05) is 17.8 Å². The van der Waals surface area contributed by atoms with Gasteiger partial charge >= 0.3 is 0 Å². The summed E-state index contributed by atoms with van der Waals surface area (Å²) in [4.78, 5) is 12.3. The highest BCUT2D eigenvalue weighted by Crippen LogP contribution is 2.23. The zero-order valence-electron chi connectivity index (χ0n) is 15.7. The first-order valence-electron chi connectivity index (χ1n) is 9.31. The van der Waals surface area contributed by atoms with Crippen molar-refractivity contribution in [3.63, 3.8) is 0 Å². The van der Waals surface area contributed by atoms with Gasteiger partial charge in [-0.3, -0.25) is 9.36 Å². The predicted molar refractivity (Wildman–Crippen MR) is 116 cm³/mol. The van der Waals surface area contributed by atoms with E-state index in [2.05, 4.69) is 27.6 Å². The minimum Gasteiger partial charge on any atom is -0.325 e. The van der Waals surface area contributed by atoms with Crippen LogP contribution in [0.25, 0.3) is 5.69 Å². The minimum absolute atomic E-state index is 0.0755. The standard InChI is InChI=1S/C23H20N4OS/c28-22(24-19-12-6-2-7-13-19)17-29-23-26-25-21(16-18-10-4-1-5-11-18)27(23)20-14-8-3-9-15-20/h1-15H,16-17H2,(H,24,28). The molecule has 0 spiro atoms. The average molecular weight is 401 g/mol. The largest absolute Gasteiger partial charge is 0.325 e. The maximum Gasteiger partial charge on any atom is 0.234 e. The van der Waals surface area contributed by atoms with Gasteiger partial charge in [0.1, 0.15) is 5.82 Å². The van der Waals surface area contributed by atoms with Crippen molar-refractivity contribution < 1.29 is 4.79 Å². The van der Waals surface area contributed by atoms with E-state index in [-0.39, 0.29) is 11.7 Å². The molecule has 0 saturated heterocycles. The van der Waals surface area contributed by atoms with Crippen LogP contribution in [0.1, 0.15) is 11.4 Å². The van der Waals surface area contributed by atoms with Gasteiger partial charge in [0.15, 0.2) is 5.16 Å². The van der Waals surface area contributed by atoms with Crippen molar-refractivity contribution in [1.29, 1.82) is 0 Å². The number of thioether (sulfide) groups is 1. The SMILES string of the molecule is O=C(CSc1nnc(Cc2ccccc2)n1-c1ccccc1)Nc1ccccc1. The van der Waals surface area contributed by atoms with E-state index in [9.17, 15) is 4.79 Å².